The molecule has 0 bridgehead atoms. The summed E-state index contributed by atoms with van der Waals surface area (Å²) in [6, 6.07) is 0. The van der Waals surface area contributed by atoms with Crippen molar-refractivity contribution in [1.29, 1.82) is 0 Å². The topological polar surface area (TPSA) is 87.4 Å². The molecule has 7 nitrogen and oxygen atoms in total. The highest BCUT2D eigenvalue weighted by Gasteiger charge is 2.11. The van der Waals surface area contributed by atoms with Crippen molar-refractivity contribution in [3.63, 3.8) is 0 Å². The molecule has 1 aromatic heterocycles. The van der Waals surface area contributed by atoms with Gasteiger partial charge in [0.15, 0.2) is 5.82 Å². The van der Waals surface area contributed by atoms with Gasteiger partial charge in [-0.3, -0.25) is 14.7 Å². The van der Waals surface area contributed by atoms with Crippen LogP contribution >= 0.6 is 0 Å². The molecule has 100 valence electrons. The summed E-state index contributed by atoms with van der Waals surface area (Å²) >= 11 is 0. The molecule has 1 aromatic rings. The van der Waals surface area contributed by atoms with Crippen molar-refractivity contribution in [2.75, 3.05) is 32.6 Å². The second-order valence-corrected chi connectivity index (χ2v) is 4.13. The molecule has 0 atom stereocenters. The first kappa shape index (κ1) is 14.3. The summed E-state index contributed by atoms with van der Waals surface area (Å²) in [6.07, 6.45) is 3.22. The van der Waals surface area contributed by atoms with Crippen molar-refractivity contribution in [1.82, 2.24) is 19.8 Å². The number of carbonyl (C=O) groups is 1. The van der Waals surface area contributed by atoms with Gasteiger partial charge in [-0.2, -0.15) is 0 Å². The van der Waals surface area contributed by atoms with Crippen molar-refractivity contribution in [2.24, 2.45) is 5.84 Å². The molecule has 18 heavy (non-hydrogen) atoms. The lowest BCUT2D eigenvalue weighted by molar-refractivity contribution is -0.130. The zero-order valence-electron chi connectivity index (χ0n) is 11.1. The van der Waals surface area contributed by atoms with Crippen LogP contribution in [0.15, 0.2) is 12.4 Å². The maximum absolute atomic E-state index is 11.6. The molecule has 1 amide bonds. The minimum atomic E-state index is 0.0741. The maximum Gasteiger partial charge on any atom is 0.236 e. The van der Waals surface area contributed by atoms with Crippen LogP contribution < -0.4 is 11.3 Å². The number of hydrogen-bond donors (Lipinski definition) is 2. The molecule has 7 heteroatoms. The summed E-state index contributed by atoms with van der Waals surface area (Å²) in [7, 11) is 3.50. The smallest absolute Gasteiger partial charge is 0.236 e. The Morgan fingerprint density at radius 1 is 1.39 bits per heavy atom. The lowest BCUT2D eigenvalue weighted by Gasteiger charge is -2.21. The average Bonchev–Trinajstić information content (AvgIpc) is 2.38. The fraction of sp³-hybridized carbons (Fsp3) is 0.545. The second-order valence-electron chi connectivity index (χ2n) is 4.13. The van der Waals surface area contributed by atoms with Gasteiger partial charge in [0, 0.05) is 20.6 Å². The summed E-state index contributed by atoms with van der Waals surface area (Å²) in [5.41, 5.74) is 3.23. The lowest BCUT2D eigenvalue weighted by atomic mass is 10.3. The molecule has 1 heterocycles. The number of nitrogen functional groups attached to an aromatic ring is 1. The fourth-order valence-corrected chi connectivity index (χ4v) is 1.35. The minimum absolute atomic E-state index is 0.0741. The van der Waals surface area contributed by atoms with Crippen molar-refractivity contribution in [3.8, 4) is 0 Å². The number of nitrogens with two attached hydrogens (primary N) is 1. The third-order valence-corrected chi connectivity index (χ3v) is 2.54. The third-order valence-electron chi connectivity index (χ3n) is 2.54. The molecule has 0 radical (unpaired) electrons. The predicted molar refractivity (Wildman–Crippen MR) is 69.5 cm³/mol. The highest BCUT2D eigenvalue weighted by atomic mass is 16.2. The molecule has 0 aromatic carbocycles. The van der Waals surface area contributed by atoms with Gasteiger partial charge in [-0.15, -0.1) is 0 Å². The number of likely N-dealkylation sites (N-methyl/N-ethyl adjacent to an activating group) is 2. The van der Waals surface area contributed by atoms with Crippen LogP contribution in [0.5, 0.6) is 0 Å². The van der Waals surface area contributed by atoms with Gasteiger partial charge in [0.1, 0.15) is 0 Å². The van der Waals surface area contributed by atoms with Crippen LogP contribution in [0.3, 0.4) is 0 Å². The molecule has 1 rings (SSSR count). The van der Waals surface area contributed by atoms with Crippen LogP contribution in [0.1, 0.15) is 12.6 Å². The van der Waals surface area contributed by atoms with E-state index in [9.17, 15) is 4.79 Å². The molecular weight excluding hydrogens is 232 g/mol. The third kappa shape index (κ3) is 4.27. The van der Waals surface area contributed by atoms with E-state index >= 15 is 0 Å². The van der Waals surface area contributed by atoms with E-state index in [1.54, 1.807) is 31.4 Å². The molecule has 0 spiro atoms. The van der Waals surface area contributed by atoms with E-state index in [2.05, 4.69) is 15.4 Å². The van der Waals surface area contributed by atoms with Gasteiger partial charge in [-0.05, 0) is 6.54 Å². The number of hydrogen-bond acceptors (Lipinski definition) is 6. The second kappa shape index (κ2) is 6.87. The fourth-order valence-electron chi connectivity index (χ4n) is 1.35. The Morgan fingerprint density at radius 2 is 2.11 bits per heavy atom. The summed E-state index contributed by atoms with van der Waals surface area (Å²) in [6.45, 7) is 3.75. The van der Waals surface area contributed by atoms with Gasteiger partial charge in [0.05, 0.1) is 24.6 Å². The Hall–Kier alpha value is -1.73. The quantitative estimate of drug-likeness (QED) is 0.532. The van der Waals surface area contributed by atoms with E-state index in [1.807, 2.05) is 11.8 Å². The Kier molecular flexibility index (Phi) is 5.47. The van der Waals surface area contributed by atoms with Crippen molar-refractivity contribution in [3.05, 3.63) is 18.1 Å². The largest absolute Gasteiger partial charge is 0.348 e. The van der Waals surface area contributed by atoms with Crippen molar-refractivity contribution < 1.29 is 4.79 Å². The first-order chi connectivity index (χ1) is 8.56. The molecule has 0 aliphatic heterocycles. The number of carbonyl (C=O) groups excluding carboxylic acids is 1. The Labute approximate surface area is 107 Å². The van der Waals surface area contributed by atoms with E-state index in [0.29, 0.717) is 18.9 Å². The standard InChI is InChI=1S/C11H20N6O/c1-4-17(8-11(18)16(2)3)7-9-5-14-10(15-12)6-13-9/h5-6H,4,7-8,12H2,1-3H3,(H,14,15). The van der Waals surface area contributed by atoms with Crippen LogP contribution in [0, 0.1) is 0 Å². The predicted octanol–water partition coefficient (Wildman–Crippen LogP) is -0.328. The molecule has 0 saturated heterocycles. The Balaban J connectivity index is 2.59. The number of aromatic nitrogens is 2. The van der Waals surface area contributed by atoms with Crippen molar-refractivity contribution >= 4 is 11.7 Å². The van der Waals surface area contributed by atoms with E-state index < -0.39 is 0 Å². The van der Waals surface area contributed by atoms with Gasteiger partial charge >= 0.3 is 0 Å². The maximum atomic E-state index is 11.6. The van der Waals surface area contributed by atoms with E-state index in [1.165, 1.54) is 0 Å². The van der Waals surface area contributed by atoms with Gasteiger partial charge < -0.3 is 10.3 Å². The van der Waals surface area contributed by atoms with Crippen LogP contribution in [-0.4, -0.2) is 52.9 Å². The average molecular weight is 252 g/mol. The monoisotopic (exact) mass is 252 g/mol. The molecule has 3 N–H and O–H groups in total. The molecule has 0 aliphatic rings. The molecular formula is C11H20N6O. The van der Waals surface area contributed by atoms with E-state index in [4.69, 9.17) is 5.84 Å². The van der Waals surface area contributed by atoms with Crippen LogP contribution in [-0.2, 0) is 11.3 Å². The summed E-state index contributed by atoms with van der Waals surface area (Å²) in [5, 5.41) is 0. The van der Waals surface area contributed by atoms with Gasteiger partial charge in [0.2, 0.25) is 5.91 Å². The SMILES string of the molecule is CCN(CC(=O)N(C)C)Cc1cnc(NN)cn1. The lowest BCUT2D eigenvalue weighted by Crippen LogP contribution is -2.36. The minimum Gasteiger partial charge on any atom is -0.348 e. The number of rotatable bonds is 6. The Morgan fingerprint density at radius 3 is 2.56 bits per heavy atom. The number of nitrogens with zero attached hydrogens (tertiary/aromatic N) is 4. The Bertz CT molecular complexity index is 378. The van der Waals surface area contributed by atoms with Crippen molar-refractivity contribution in [2.45, 2.75) is 13.5 Å². The summed E-state index contributed by atoms with van der Waals surface area (Å²) < 4.78 is 0. The number of anilines is 1. The van der Waals surface area contributed by atoms with Gasteiger partial charge in [-0.25, -0.2) is 10.8 Å². The van der Waals surface area contributed by atoms with E-state index in [-0.39, 0.29) is 5.91 Å². The molecule has 0 fully saturated rings. The normalized spacial score (nSPS) is 10.5. The van der Waals surface area contributed by atoms with Gasteiger partial charge in [0.25, 0.3) is 0 Å². The van der Waals surface area contributed by atoms with Crippen LogP contribution in [0.4, 0.5) is 5.82 Å². The number of amides is 1. The zero-order chi connectivity index (χ0) is 13.5. The number of hydrazine groups is 1. The first-order valence-corrected chi connectivity index (χ1v) is 5.76. The summed E-state index contributed by atoms with van der Waals surface area (Å²) in [4.78, 5) is 23.5. The number of nitrogens with one attached hydrogen (secondary N) is 1. The molecule has 0 aliphatic carbocycles. The van der Waals surface area contributed by atoms with Gasteiger partial charge in [-0.1, -0.05) is 6.92 Å². The summed E-state index contributed by atoms with van der Waals surface area (Å²) in [5.74, 6) is 5.81. The first-order valence-electron chi connectivity index (χ1n) is 5.76. The van der Waals surface area contributed by atoms with E-state index in [0.717, 1.165) is 12.2 Å². The molecule has 0 unspecified atom stereocenters. The zero-order valence-corrected chi connectivity index (χ0v) is 11.1. The highest BCUT2D eigenvalue weighted by Crippen LogP contribution is 2.03. The highest BCUT2D eigenvalue weighted by molar-refractivity contribution is 5.77. The molecule has 0 saturated carbocycles. The van der Waals surface area contributed by atoms with Crippen LogP contribution in [0.2, 0.25) is 0 Å². The van der Waals surface area contributed by atoms with Crippen LogP contribution in [0.25, 0.3) is 0 Å².